The van der Waals surface area contributed by atoms with Gasteiger partial charge in [-0.15, -0.1) is 0 Å². The molecular formula is C21H15FN2O3. The lowest BCUT2D eigenvalue weighted by Crippen LogP contribution is -2.14. The van der Waals surface area contributed by atoms with E-state index in [1.165, 1.54) is 30.3 Å². The molecule has 0 fully saturated rings. The predicted molar refractivity (Wildman–Crippen MR) is 102 cm³/mol. The van der Waals surface area contributed by atoms with E-state index in [2.05, 4.69) is 5.32 Å². The van der Waals surface area contributed by atoms with Gasteiger partial charge in [0, 0.05) is 17.7 Å². The molecule has 27 heavy (non-hydrogen) atoms. The van der Waals surface area contributed by atoms with Gasteiger partial charge in [0.1, 0.15) is 5.82 Å². The average molecular weight is 362 g/mol. The van der Waals surface area contributed by atoms with Crippen LogP contribution in [0.25, 0.3) is 11.6 Å². The van der Waals surface area contributed by atoms with Crippen LogP contribution in [0.5, 0.6) is 0 Å². The summed E-state index contributed by atoms with van der Waals surface area (Å²) in [6.07, 6.45) is 1.54. The number of amides is 1. The average Bonchev–Trinajstić information content (AvgIpc) is 2.68. The summed E-state index contributed by atoms with van der Waals surface area (Å²) < 4.78 is 13.9. The Balaban J connectivity index is 2.01. The van der Waals surface area contributed by atoms with Crippen molar-refractivity contribution in [1.29, 1.82) is 0 Å². The summed E-state index contributed by atoms with van der Waals surface area (Å²) >= 11 is 0. The van der Waals surface area contributed by atoms with Gasteiger partial charge in [0.2, 0.25) is 0 Å². The first-order valence-corrected chi connectivity index (χ1v) is 8.12. The minimum Gasteiger partial charge on any atom is -0.319 e. The Labute approximate surface area is 154 Å². The third kappa shape index (κ3) is 4.43. The molecule has 0 aliphatic heterocycles. The lowest BCUT2D eigenvalue weighted by atomic mass is 10.0. The quantitative estimate of drug-likeness (QED) is 0.303. The van der Waals surface area contributed by atoms with Crippen LogP contribution in [0.3, 0.4) is 0 Å². The van der Waals surface area contributed by atoms with E-state index in [0.29, 0.717) is 11.1 Å². The smallest absolute Gasteiger partial charge is 0.270 e. The molecule has 0 atom stereocenters. The molecule has 0 aliphatic carbocycles. The summed E-state index contributed by atoms with van der Waals surface area (Å²) in [7, 11) is 0. The van der Waals surface area contributed by atoms with Crippen molar-refractivity contribution in [2.75, 3.05) is 5.32 Å². The summed E-state index contributed by atoms with van der Waals surface area (Å²) in [5.74, 6) is -1.06. The standard InChI is InChI=1S/C21H15FN2O3/c22-19-11-4-5-12-20(19)23-21(25)18(16-8-2-1-3-9-16)14-15-7-6-10-17(13-15)24(26)27/h1-14H,(H,23,25)/b18-14-. The fraction of sp³-hybridized carbons (Fsp3) is 0. The van der Waals surface area contributed by atoms with Gasteiger partial charge in [-0.1, -0.05) is 54.6 Å². The summed E-state index contributed by atoms with van der Waals surface area (Å²) in [6.45, 7) is 0. The highest BCUT2D eigenvalue weighted by molar-refractivity contribution is 6.29. The predicted octanol–water partition coefficient (Wildman–Crippen LogP) is 4.91. The van der Waals surface area contributed by atoms with Crippen molar-refractivity contribution in [3.8, 4) is 0 Å². The molecule has 5 nitrogen and oxygen atoms in total. The molecule has 134 valence electrons. The Bertz CT molecular complexity index is 1020. The number of rotatable bonds is 5. The van der Waals surface area contributed by atoms with Gasteiger partial charge in [-0.25, -0.2) is 4.39 Å². The molecule has 1 amide bonds. The monoisotopic (exact) mass is 362 g/mol. The van der Waals surface area contributed by atoms with E-state index in [1.54, 1.807) is 48.5 Å². The number of nitro benzene ring substituents is 1. The number of carbonyl (C=O) groups is 1. The molecule has 0 radical (unpaired) electrons. The number of anilines is 1. The summed E-state index contributed by atoms with van der Waals surface area (Å²) in [5, 5.41) is 13.5. The first-order valence-electron chi connectivity index (χ1n) is 8.12. The van der Waals surface area contributed by atoms with E-state index in [4.69, 9.17) is 0 Å². The molecule has 0 aromatic heterocycles. The minimum absolute atomic E-state index is 0.0587. The van der Waals surface area contributed by atoms with Crippen molar-refractivity contribution >= 4 is 28.9 Å². The molecule has 0 unspecified atom stereocenters. The molecule has 0 bridgehead atoms. The van der Waals surface area contributed by atoms with Gasteiger partial charge < -0.3 is 5.32 Å². The highest BCUT2D eigenvalue weighted by Gasteiger charge is 2.15. The zero-order valence-electron chi connectivity index (χ0n) is 14.1. The molecule has 3 aromatic carbocycles. The highest BCUT2D eigenvalue weighted by atomic mass is 19.1. The van der Waals surface area contributed by atoms with Crippen LogP contribution in [0.2, 0.25) is 0 Å². The van der Waals surface area contributed by atoms with Crippen molar-refractivity contribution in [2.24, 2.45) is 0 Å². The number of carbonyl (C=O) groups excluding carboxylic acids is 1. The molecule has 6 heteroatoms. The molecule has 0 saturated carbocycles. The van der Waals surface area contributed by atoms with Crippen molar-refractivity contribution < 1.29 is 14.1 Å². The van der Waals surface area contributed by atoms with E-state index in [0.717, 1.165) is 0 Å². The van der Waals surface area contributed by atoms with E-state index in [-0.39, 0.29) is 16.9 Å². The fourth-order valence-electron chi connectivity index (χ4n) is 2.54. The Morgan fingerprint density at radius 1 is 0.963 bits per heavy atom. The molecule has 0 aliphatic rings. The SMILES string of the molecule is O=C(Nc1ccccc1F)/C(=C\c1cccc([N+](=O)[O-])c1)c1ccccc1. The fourth-order valence-corrected chi connectivity index (χ4v) is 2.54. The molecular weight excluding hydrogens is 347 g/mol. The van der Waals surface area contributed by atoms with Crippen LogP contribution in [0, 0.1) is 15.9 Å². The van der Waals surface area contributed by atoms with Gasteiger partial charge >= 0.3 is 0 Å². The maximum atomic E-state index is 13.9. The number of nitro groups is 1. The van der Waals surface area contributed by atoms with Gasteiger partial charge in [-0.2, -0.15) is 0 Å². The van der Waals surface area contributed by atoms with Crippen molar-refractivity contribution in [1.82, 2.24) is 0 Å². The number of nitrogens with one attached hydrogen (secondary N) is 1. The highest BCUT2D eigenvalue weighted by Crippen LogP contribution is 2.23. The largest absolute Gasteiger partial charge is 0.319 e. The zero-order chi connectivity index (χ0) is 19.2. The number of benzene rings is 3. The number of hydrogen-bond acceptors (Lipinski definition) is 3. The first-order chi connectivity index (χ1) is 13.0. The number of non-ortho nitro benzene ring substituents is 1. The van der Waals surface area contributed by atoms with Crippen LogP contribution in [0.1, 0.15) is 11.1 Å². The molecule has 3 aromatic rings. The second-order valence-corrected chi connectivity index (χ2v) is 5.71. The van der Waals surface area contributed by atoms with Crippen LogP contribution in [-0.4, -0.2) is 10.8 Å². The number of halogens is 1. The number of nitrogens with zero attached hydrogens (tertiary/aromatic N) is 1. The molecule has 0 saturated heterocycles. The van der Waals surface area contributed by atoms with E-state index >= 15 is 0 Å². The lowest BCUT2D eigenvalue weighted by Gasteiger charge is -2.10. The zero-order valence-corrected chi connectivity index (χ0v) is 14.1. The summed E-state index contributed by atoms with van der Waals surface area (Å²) in [4.78, 5) is 23.3. The maximum Gasteiger partial charge on any atom is 0.270 e. The van der Waals surface area contributed by atoms with Gasteiger partial charge in [0.05, 0.1) is 10.6 Å². The van der Waals surface area contributed by atoms with Crippen LogP contribution >= 0.6 is 0 Å². The third-order valence-corrected chi connectivity index (χ3v) is 3.84. The molecule has 1 N–H and O–H groups in total. The van der Waals surface area contributed by atoms with E-state index in [1.807, 2.05) is 6.07 Å². The molecule has 3 rings (SSSR count). The Morgan fingerprint density at radius 2 is 1.67 bits per heavy atom. The second-order valence-electron chi connectivity index (χ2n) is 5.71. The number of para-hydroxylation sites is 1. The first kappa shape index (κ1) is 18.0. The van der Waals surface area contributed by atoms with Gasteiger partial charge in [-0.05, 0) is 29.3 Å². The molecule has 0 spiro atoms. The second kappa shape index (κ2) is 8.05. The lowest BCUT2D eigenvalue weighted by molar-refractivity contribution is -0.384. The Kier molecular flexibility index (Phi) is 5.37. The Morgan fingerprint density at radius 3 is 2.37 bits per heavy atom. The normalized spacial score (nSPS) is 11.1. The van der Waals surface area contributed by atoms with Crippen LogP contribution < -0.4 is 5.32 Å². The summed E-state index contributed by atoms with van der Waals surface area (Å²) in [6, 6.07) is 20.6. The molecule has 0 heterocycles. The van der Waals surface area contributed by atoms with Gasteiger partial charge in [-0.3, -0.25) is 14.9 Å². The van der Waals surface area contributed by atoms with Crippen molar-refractivity contribution in [3.63, 3.8) is 0 Å². The van der Waals surface area contributed by atoms with Crippen molar-refractivity contribution in [3.05, 3.63) is 106 Å². The summed E-state index contributed by atoms with van der Waals surface area (Å²) in [5.41, 5.74) is 1.35. The van der Waals surface area contributed by atoms with E-state index in [9.17, 15) is 19.3 Å². The van der Waals surface area contributed by atoms with Crippen LogP contribution in [0.4, 0.5) is 15.8 Å². The Hall–Kier alpha value is -3.80. The van der Waals surface area contributed by atoms with Crippen molar-refractivity contribution in [2.45, 2.75) is 0 Å². The topological polar surface area (TPSA) is 72.2 Å². The third-order valence-electron chi connectivity index (χ3n) is 3.84. The van der Waals surface area contributed by atoms with E-state index < -0.39 is 16.6 Å². The number of hydrogen-bond donors (Lipinski definition) is 1. The van der Waals surface area contributed by atoms with Gasteiger partial charge in [0.25, 0.3) is 11.6 Å². The van der Waals surface area contributed by atoms with Gasteiger partial charge in [0.15, 0.2) is 0 Å². The van der Waals surface area contributed by atoms with Crippen LogP contribution in [0.15, 0.2) is 78.9 Å². The van der Waals surface area contributed by atoms with Crippen LogP contribution in [-0.2, 0) is 4.79 Å². The maximum absolute atomic E-state index is 13.9. The minimum atomic E-state index is -0.548.